The van der Waals surface area contributed by atoms with E-state index in [1.807, 2.05) is 22.7 Å². The number of nitrogens with zero attached hydrogens (tertiary/aromatic N) is 3. The second kappa shape index (κ2) is 2.85. The van der Waals surface area contributed by atoms with Crippen molar-refractivity contribution in [3.8, 4) is 0 Å². The molecule has 0 saturated heterocycles. The van der Waals surface area contributed by atoms with Crippen molar-refractivity contribution in [1.82, 2.24) is 14.8 Å². The van der Waals surface area contributed by atoms with Gasteiger partial charge in [0, 0.05) is 0 Å². The molecule has 0 fully saturated rings. The fourth-order valence-corrected chi connectivity index (χ4v) is 1.93. The summed E-state index contributed by atoms with van der Waals surface area (Å²) in [6, 6.07) is 6.00. The third-order valence-electron chi connectivity index (χ3n) is 1.35. The number of fused-ring (bicyclic) bond motifs is 1. The van der Waals surface area contributed by atoms with Crippen LogP contribution in [0.5, 0.6) is 0 Å². The Morgan fingerprint density at radius 2 is 2.09 bits per heavy atom. The average Bonchev–Trinajstić information content (AvgIpc) is 2.35. The van der Waals surface area contributed by atoms with E-state index in [0.29, 0.717) is 0 Å². The van der Waals surface area contributed by atoms with Gasteiger partial charge in [0.1, 0.15) is 9.22 Å². The van der Waals surface area contributed by atoms with Gasteiger partial charge in [-0.1, -0.05) is 11.3 Å². The highest BCUT2D eigenvalue weighted by Gasteiger charge is 2.02. The monoisotopic (exact) mass is 371 g/mol. The van der Waals surface area contributed by atoms with Gasteiger partial charge in [-0.3, -0.25) is 0 Å². The molecule has 0 saturated carbocycles. The van der Waals surface area contributed by atoms with E-state index in [0.717, 1.165) is 12.9 Å². The van der Waals surface area contributed by atoms with E-state index >= 15 is 0 Å². The molecule has 0 aliphatic heterocycles. The lowest BCUT2D eigenvalue weighted by molar-refractivity contribution is 0.834. The van der Waals surface area contributed by atoms with Crippen LogP contribution < -0.4 is 0 Å². The van der Waals surface area contributed by atoms with Crippen LogP contribution in [-0.2, 0) is 0 Å². The first-order chi connectivity index (χ1) is 5.29. The molecule has 0 radical (unpaired) electrons. The topological polar surface area (TPSA) is 30.2 Å². The standard InChI is InChI=1S/C6H3I2N3/c7-5-3-1-2-4-6(8)9-10-11(4)5/h1-3H. The molecule has 0 aliphatic carbocycles. The summed E-state index contributed by atoms with van der Waals surface area (Å²) in [4.78, 5) is 0. The first kappa shape index (κ1) is 7.71. The summed E-state index contributed by atoms with van der Waals surface area (Å²) in [6.45, 7) is 0. The molecule has 0 spiro atoms. The Labute approximate surface area is 90.4 Å². The fourth-order valence-electron chi connectivity index (χ4n) is 0.857. The van der Waals surface area contributed by atoms with E-state index < -0.39 is 0 Å². The Morgan fingerprint density at radius 3 is 2.82 bits per heavy atom. The predicted molar refractivity (Wildman–Crippen MR) is 58.4 cm³/mol. The van der Waals surface area contributed by atoms with Gasteiger partial charge in [-0.15, -0.1) is 5.10 Å². The highest BCUT2D eigenvalue weighted by Crippen LogP contribution is 2.12. The van der Waals surface area contributed by atoms with Gasteiger partial charge in [-0.2, -0.15) is 0 Å². The minimum atomic E-state index is 0.945. The number of hydrogen-bond donors (Lipinski definition) is 0. The maximum atomic E-state index is 3.97. The second-order valence-electron chi connectivity index (χ2n) is 2.03. The summed E-state index contributed by atoms with van der Waals surface area (Å²) in [5.41, 5.74) is 1.07. The molecule has 3 nitrogen and oxygen atoms in total. The zero-order valence-electron chi connectivity index (χ0n) is 5.33. The minimum Gasteiger partial charge on any atom is -0.206 e. The molecule has 0 aromatic carbocycles. The maximum Gasteiger partial charge on any atom is 0.151 e. The fraction of sp³-hybridized carbons (Fsp3) is 0. The van der Waals surface area contributed by atoms with Crippen LogP contribution in [0, 0.1) is 7.40 Å². The number of halogens is 2. The normalized spacial score (nSPS) is 10.7. The number of hydrogen-bond acceptors (Lipinski definition) is 2. The van der Waals surface area contributed by atoms with E-state index in [1.54, 1.807) is 0 Å². The lowest BCUT2D eigenvalue weighted by Crippen LogP contribution is -1.91. The van der Waals surface area contributed by atoms with Crippen LogP contribution in [0.1, 0.15) is 0 Å². The number of pyridine rings is 1. The summed E-state index contributed by atoms with van der Waals surface area (Å²) in [5, 5.41) is 7.92. The molecule has 0 amide bonds. The lowest BCUT2D eigenvalue weighted by Gasteiger charge is -1.92. The molecule has 0 unspecified atom stereocenters. The second-order valence-corrected chi connectivity index (χ2v) is 4.15. The molecule has 0 aliphatic rings. The summed E-state index contributed by atoms with van der Waals surface area (Å²) < 4.78 is 3.85. The van der Waals surface area contributed by atoms with Gasteiger partial charge in [0.25, 0.3) is 0 Å². The third kappa shape index (κ3) is 1.24. The van der Waals surface area contributed by atoms with E-state index in [9.17, 15) is 0 Å². The summed E-state index contributed by atoms with van der Waals surface area (Å²) >= 11 is 4.40. The van der Waals surface area contributed by atoms with Crippen LogP contribution in [0.25, 0.3) is 5.52 Å². The predicted octanol–water partition coefficient (Wildman–Crippen LogP) is 1.94. The van der Waals surface area contributed by atoms with Gasteiger partial charge in [0.05, 0.1) is 0 Å². The van der Waals surface area contributed by atoms with E-state index in [4.69, 9.17) is 0 Å². The van der Waals surface area contributed by atoms with Crippen molar-refractivity contribution >= 4 is 50.7 Å². The van der Waals surface area contributed by atoms with Gasteiger partial charge in [-0.05, 0) is 57.3 Å². The molecule has 2 rings (SSSR count). The summed E-state index contributed by atoms with van der Waals surface area (Å²) in [5.74, 6) is 0. The van der Waals surface area contributed by atoms with Crippen LogP contribution in [0.15, 0.2) is 18.2 Å². The van der Waals surface area contributed by atoms with Crippen LogP contribution in [0.2, 0.25) is 0 Å². The Balaban J connectivity index is 2.94. The Bertz CT molecular complexity index is 396. The van der Waals surface area contributed by atoms with Crippen molar-refractivity contribution in [1.29, 1.82) is 0 Å². The first-order valence-corrected chi connectivity index (χ1v) is 5.10. The molecule has 0 bridgehead atoms. The molecule has 11 heavy (non-hydrogen) atoms. The lowest BCUT2D eigenvalue weighted by atomic mass is 10.4. The van der Waals surface area contributed by atoms with E-state index in [1.165, 1.54) is 0 Å². The molecule has 2 aromatic heterocycles. The Morgan fingerprint density at radius 1 is 1.27 bits per heavy atom. The minimum absolute atomic E-state index is 0.945. The van der Waals surface area contributed by atoms with Crippen molar-refractivity contribution in [2.75, 3.05) is 0 Å². The first-order valence-electron chi connectivity index (χ1n) is 2.94. The molecule has 2 heterocycles. The third-order valence-corrected chi connectivity index (χ3v) is 2.94. The van der Waals surface area contributed by atoms with Gasteiger partial charge >= 0.3 is 0 Å². The highest BCUT2D eigenvalue weighted by molar-refractivity contribution is 14.1. The molecule has 2 aromatic rings. The zero-order chi connectivity index (χ0) is 7.84. The van der Waals surface area contributed by atoms with Gasteiger partial charge in [0.2, 0.25) is 0 Å². The highest BCUT2D eigenvalue weighted by atomic mass is 127. The zero-order valence-corrected chi connectivity index (χ0v) is 9.64. The molecular formula is C6H3I2N3. The van der Waals surface area contributed by atoms with Crippen molar-refractivity contribution in [2.24, 2.45) is 0 Å². The number of rotatable bonds is 0. The van der Waals surface area contributed by atoms with Crippen molar-refractivity contribution in [3.05, 3.63) is 25.6 Å². The molecule has 0 N–H and O–H groups in total. The SMILES string of the molecule is Ic1nnn2c(I)cccc12. The Hall–Kier alpha value is 0.0800. The van der Waals surface area contributed by atoms with Gasteiger partial charge in [0.15, 0.2) is 3.70 Å². The average molecular weight is 371 g/mol. The summed E-state index contributed by atoms with van der Waals surface area (Å²) in [7, 11) is 0. The Kier molecular flexibility index (Phi) is 2.00. The van der Waals surface area contributed by atoms with Crippen molar-refractivity contribution in [2.45, 2.75) is 0 Å². The maximum absolute atomic E-state index is 3.97. The van der Waals surface area contributed by atoms with Crippen molar-refractivity contribution in [3.63, 3.8) is 0 Å². The summed E-state index contributed by atoms with van der Waals surface area (Å²) in [6.07, 6.45) is 0. The molecule has 56 valence electrons. The quantitative estimate of drug-likeness (QED) is 0.524. The van der Waals surface area contributed by atoms with Crippen LogP contribution in [0.4, 0.5) is 0 Å². The van der Waals surface area contributed by atoms with Gasteiger partial charge in [-0.25, -0.2) is 4.52 Å². The number of aromatic nitrogens is 3. The molecular weight excluding hydrogens is 368 g/mol. The molecule has 0 atom stereocenters. The smallest absolute Gasteiger partial charge is 0.151 e. The van der Waals surface area contributed by atoms with Crippen molar-refractivity contribution < 1.29 is 0 Å². The van der Waals surface area contributed by atoms with E-state index in [-0.39, 0.29) is 0 Å². The van der Waals surface area contributed by atoms with E-state index in [2.05, 4.69) is 55.5 Å². The molecule has 5 heteroatoms. The largest absolute Gasteiger partial charge is 0.206 e. The van der Waals surface area contributed by atoms with Crippen LogP contribution >= 0.6 is 45.2 Å². The van der Waals surface area contributed by atoms with Crippen LogP contribution in [-0.4, -0.2) is 14.8 Å². The van der Waals surface area contributed by atoms with Crippen LogP contribution in [0.3, 0.4) is 0 Å². The van der Waals surface area contributed by atoms with Gasteiger partial charge < -0.3 is 0 Å².